The first-order chi connectivity index (χ1) is 12.8. The number of hydrogen-bond donors (Lipinski definition) is 2. The van der Waals surface area contributed by atoms with Gasteiger partial charge in [-0.15, -0.1) is 0 Å². The van der Waals surface area contributed by atoms with Gasteiger partial charge in [0.1, 0.15) is 0 Å². The number of rotatable bonds is 10. The van der Waals surface area contributed by atoms with Gasteiger partial charge in [0.2, 0.25) is 11.8 Å². The van der Waals surface area contributed by atoms with Gasteiger partial charge in [-0.25, -0.2) is 0 Å². The Morgan fingerprint density at radius 3 is 2.15 bits per heavy atom. The average Bonchev–Trinajstić information content (AvgIpc) is 2.61. The van der Waals surface area contributed by atoms with Crippen LogP contribution >= 0.6 is 0 Å². The summed E-state index contributed by atoms with van der Waals surface area (Å²) >= 11 is 0. The highest BCUT2D eigenvalue weighted by Crippen LogP contribution is 2.13. The quantitative estimate of drug-likeness (QED) is 0.654. The normalized spacial score (nSPS) is 10.8. The summed E-state index contributed by atoms with van der Waals surface area (Å²) < 4.78 is 0. The molecule has 0 saturated heterocycles. The summed E-state index contributed by atoms with van der Waals surface area (Å²) in [6.07, 6.45) is 0. The third kappa shape index (κ3) is 7.78. The lowest BCUT2D eigenvalue weighted by atomic mass is 10.1. The van der Waals surface area contributed by atoms with E-state index >= 15 is 0 Å². The molecule has 0 fully saturated rings. The van der Waals surface area contributed by atoms with E-state index in [0.717, 1.165) is 0 Å². The molecule has 0 aliphatic heterocycles. The number of anilines is 1. The van der Waals surface area contributed by atoms with E-state index in [2.05, 4.69) is 10.6 Å². The van der Waals surface area contributed by atoms with Crippen LogP contribution in [0.3, 0.4) is 0 Å². The number of hydrogen-bond acceptors (Lipinski definition) is 4. The Kier molecular flexibility index (Phi) is 9.50. The number of nitrogens with zero attached hydrogens (tertiary/aromatic N) is 2. The summed E-state index contributed by atoms with van der Waals surface area (Å²) in [7, 11) is 0. The van der Waals surface area contributed by atoms with Crippen molar-refractivity contribution < 1.29 is 14.4 Å². The third-order valence-electron chi connectivity index (χ3n) is 4.08. The van der Waals surface area contributed by atoms with E-state index in [4.69, 9.17) is 0 Å². The standard InChI is InChI=1S/C20H32N4O3/c1-6-23(13-18(25)21-15(4)5)14-19(26)22-17-11-9-10-16(12-17)20(27)24(7-2)8-3/h9-12,15H,6-8,13-14H2,1-5H3,(H,21,25)(H,22,26). The highest BCUT2D eigenvalue weighted by Gasteiger charge is 2.16. The molecule has 27 heavy (non-hydrogen) atoms. The molecule has 7 nitrogen and oxygen atoms in total. The van der Waals surface area contributed by atoms with E-state index in [1.165, 1.54) is 0 Å². The Morgan fingerprint density at radius 1 is 0.963 bits per heavy atom. The molecule has 0 aliphatic carbocycles. The molecule has 0 bridgehead atoms. The summed E-state index contributed by atoms with van der Waals surface area (Å²) in [6, 6.07) is 6.99. The lowest BCUT2D eigenvalue weighted by Crippen LogP contribution is -2.42. The minimum atomic E-state index is -0.221. The van der Waals surface area contributed by atoms with Crippen LogP contribution < -0.4 is 10.6 Å². The van der Waals surface area contributed by atoms with Gasteiger partial charge in [-0.3, -0.25) is 19.3 Å². The molecule has 1 aromatic rings. The number of likely N-dealkylation sites (N-methyl/N-ethyl adjacent to an activating group) is 1. The molecule has 1 aromatic carbocycles. The van der Waals surface area contributed by atoms with Crippen LogP contribution in [0.2, 0.25) is 0 Å². The number of benzene rings is 1. The van der Waals surface area contributed by atoms with Gasteiger partial charge < -0.3 is 15.5 Å². The molecule has 0 atom stereocenters. The maximum absolute atomic E-state index is 12.4. The molecule has 1 rings (SSSR count). The Hall–Kier alpha value is -2.41. The van der Waals surface area contributed by atoms with Gasteiger partial charge in [0.25, 0.3) is 5.91 Å². The van der Waals surface area contributed by atoms with Crippen LogP contribution in [-0.2, 0) is 9.59 Å². The Bertz CT molecular complexity index is 642. The maximum atomic E-state index is 12.4. The highest BCUT2D eigenvalue weighted by atomic mass is 16.2. The second-order valence-corrected chi connectivity index (χ2v) is 6.63. The summed E-state index contributed by atoms with van der Waals surface area (Å²) in [4.78, 5) is 40.1. The summed E-state index contributed by atoms with van der Waals surface area (Å²) in [5.41, 5.74) is 1.11. The van der Waals surface area contributed by atoms with Crippen molar-refractivity contribution in [2.75, 3.05) is 38.0 Å². The van der Waals surface area contributed by atoms with Crippen molar-refractivity contribution in [1.29, 1.82) is 0 Å². The van der Waals surface area contributed by atoms with Crippen molar-refractivity contribution >= 4 is 23.4 Å². The summed E-state index contributed by atoms with van der Waals surface area (Å²) in [6.45, 7) is 11.7. The second-order valence-electron chi connectivity index (χ2n) is 6.63. The molecule has 0 aliphatic rings. The first-order valence-corrected chi connectivity index (χ1v) is 9.51. The zero-order valence-corrected chi connectivity index (χ0v) is 17.0. The molecule has 0 saturated carbocycles. The monoisotopic (exact) mass is 376 g/mol. The molecule has 3 amide bonds. The lowest BCUT2D eigenvalue weighted by Gasteiger charge is -2.21. The third-order valence-corrected chi connectivity index (χ3v) is 4.08. The van der Waals surface area contributed by atoms with E-state index in [1.54, 1.807) is 34.1 Å². The van der Waals surface area contributed by atoms with Gasteiger partial charge in [-0.2, -0.15) is 0 Å². The molecule has 0 radical (unpaired) electrons. The van der Waals surface area contributed by atoms with Crippen molar-refractivity contribution in [2.45, 2.75) is 40.7 Å². The summed E-state index contributed by atoms with van der Waals surface area (Å²) in [5, 5.41) is 5.63. The summed E-state index contributed by atoms with van der Waals surface area (Å²) in [5.74, 6) is -0.384. The SMILES string of the molecule is CCN(CC(=O)Nc1cccc(C(=O)N(CC)CC)c1)CC(=O)NC(C)C. The Morgan fingerprint density at radius 2 is 1.59 bits per heavy atom. The van der Waals surface area contributed by atoms with Crippen LogP contribution in [0.25, 0.3) is 0 Å². The van der Waals surface area contributed by atoms with Crippen LogP contribution in [0.15, 0.2) is 24.3 Å². The van der Waals surface area contributed by atoms with E-state index < -0.39 is 0 Å². The van der Waals surface area contributed by atoms with Crippen molar-refractivity contribution in [3.63, 3.8) is 0 Å². The first-order valence-electron chi connectivity index (χ1n) is 9.51. The van der Waals surface area contributed by atoms with E-state index in [1.807, 2.05) is 34.6 Å². The number of carbonyl (C=O) groups excluding carboxylic acids is 3. The molecule has 150 valence electrons. The van der Waals surface area contributed by atoms with Gasteiger partial charge in [-0.1, -0.05) is 13.0 Å². The number of nitrogens with one attached hydrogen (secondary N) is 2. The van der Waals surface area contributed by atoms with Crippen LogP contribution in [0.5, 0.6) is 0 Å². The Labute approximate surface area is 162 Å². The molecule has 0 heterocycles. The Balaban J connectivity index is 2.69. The fourth-order valence-electron chi connectivity index (χ4n) is 2.68. The molecular formula is C20H32N4O3. The predicted molar refractivity (Wildman–Crippen MR) is 108 cm³/mol. The predicted octanol–water partition coefficient (Wildman–Crippen LogP) is 1.95. The topological polar surface area (TPSA) is 81.8 Å². The minimum Gasteiger partial charge on any atom is -0.353 e. The molecular weight excluding hydrogens is 344 g/mol. The molecule has 0 spiro atoms. The fourth-order valence-corrected chi connectivity index (χ4v) is 2.68. The van der Waals surface area contributed by atoms with E-state index in [-0.39, 0.29) is 36.9 Å². The van der Waals surface area contributed by atoms with Crippen molar-refractivity contribution in [1.82, 2.24) is 15.1 Å². The molecule has 0 unspecified atom stereocenters. The fraction of sp³-hybridized carbons (Fsp3) is 0.550. The minimum absolute atomic E-state index is 0.0587. The maximum Gasteiger partial charge on any atom is 0.253 e. The smallest absolute Gasteiger partial charge is 0.253 e. The average molecular weight is 377 g/mol. The van der Waals surface area contributed by atoms with Gasteiger partial charge in [0.05, 0.1) is 13.1 Å². The number of carbonyl (C=O) groups is 3. The second kappa shape index (κ2) is 11.3. The van der Waals surface area contributed by atoms with E-state index in [9.17, 15) is 14.4 Å². The molecule has 2 N–H and O–H groups in total. The highest BCUT2D eigenvalue weighted by molar-refractivity contribution is 5.97. The van der Waals surface area contributed by atoms with Crippen LogP contribution in [0.4, 0.5) is 5.69 Å². The van der Waals surface area contributed by atoms with Crippen molar-refractivity contribution in [2.24, 2.45) is 0 Å². The molecule has 0 aromatic heterocycles. The van der Waals surface area contributed by atoms with Gasteiger partial charge in [0, 0.05) is 30.4 Å². The van der Waals surface area contributed by atoms with Crippen molar-refractivity contribution in [3.8, 4) is 0 Å². The van der Waals surface area contributed by atoms with Gasteiger partial charge >= 0.3 is 0 Å². The lowest BCUT2D eigenvalue weighted by molar-refractivity contribution is -0.123. The van der Waals surface area contributed by atoms with Crippen LogP contribution in [-0.4, -0.2) is 66.3 Å². The van der Waals surface area contributed by atoms with Gasteiger partial charge in [-0.05, 0) is 52.4 Å². The first kappa shape index (κ1) is 22.6. The van der Waals surface area contributed by atoms with Gasteiger partial charge in [0.15, 0.2) is 0 Å². The van der Waals surface area contributed by atoms with Crippen LogP contribution in [0, 0.1) is 0 Å². The largest absolute Gasteiger partial charge is 0.353 e. The van der Waals surface area contributed by atoms with Crippen LogP contribution in [0.1, 0.15) is 45.0 Å². The van der Waals surface area contributed by atoms with E-state index in [0.29, 0.717) is 30.9 Å². The molecule has 7 heteroatoms. The van der Waals surface area contributed by atoms with Crippen molar-refractivity contribution in [3.05, 3.63) is 29.8 Å². The zero-order valence-electron chi connectivity index (χ0n) is 17.0. The number of amides is 3. The zero-order chi connectivity index (χ0) is 20.4.